The van der Waals surface area contributed by atoms with Crippen molar-refractivity contribution in [1.82, 2.24) is 0 Å². The summed E-state index contributed by atoms with van der Waals surface area (Å²) < 4.78 is 0. The van der Waals surface area contributed by atoms with E-state index in [1.54, 1.807) is 31.2 Å². The third-order valence-electron chi connectivity index (χ3n) is 1.97. The molecular formula is C10H10ClO2. The van der Waals surface area contributed by atoms with Crippen LogP contribution in [0.1, 0.15) is 24.8 Å². The maximum Gasteiger partial charge on any atom is 0.363 e. The fourth-order valence-corrected chi connectivity index (χ4v) is 1.54. The quantitative estimate of drug-likeness (QED) is 0.734. The van der Waals surface area contributed by atoms with E-state index in [9.17, 15) is 9.90 Å². The van der Waals surface area contributed by atoms with Crippen molar-refractivity contribution in [3.63, 3.8) is 0 Å². The second-order valence-electron chi connectivity index (χ2n) is 2.80. The second kappa shape index (κ2) is 4.28. The van der Waals surface area contributed by atoms with Crippen molar-refractivity contribution in [3.8, 4) is 0 Å². The van der Waals surface area contributed by atoms with Crippen molar-refractivity contribution < 1.29 is 9.90 Å². The molecule has 0 amide bonds. The van der Waals surface area contributed by atoms with E-state index >= 15 is 0 Å². The van der Waals surface area contributed by atoms with Gasteiger partial charge >= 0.3 is 5.97 Å². The van der Waals surface area contributed by atoms with E-state index in [2.05, 4.69) is 0 Å². The van der Waals surface area contributed by atoms with E-state index in [4.69, 9.17) is 11.6 Å². The minimum Gasteiger partial charge on any atom is -0.247 e. The molecule has 0 saturated heterocycles. The number of rotatable bonds is 3. The molecule has 0 aliphatic heterocycles. The van der Waals surface area contributed by atoms with Gasteiger partial charge in [0.2, 0.25) is 0 Å². The van der Waals surface area contributed by atoms with Gasteiger partial charge in [0.05, 0.1) is 5.92 Å². The lowest BCUT2D eigenvalue weighted by Gasteiger charge is -2.09. The predicted molar refractivity (Wildman–Crippen MR) is 50.2 cm³/mol. The van der Waals surface area contributed by atoms with Gasteiger partial charge in [-0.15, -0.1) is 0 Å². The largest absolute Gasteiger partial charge is 0.363 e. The molecule has 3 heteroatoms. The summed E-state index contributed by atoms with van der Waals surface area (Å²) in [6, 6.07) is 6.94. The lowest BCUT2D eigenvalue weighted by molar-refractivity contribution is -0.145. The Morgan fingerprint density at radius 3 is 2.54 bits per heavy atom. The summed E-state index contributed by atoms with van der Waals surface area (Å²) in [5.41, 5.74) is 0.631. The van der Waals surface area contributed by atoms with Gasteiger partial charge in [0.15, 0.2) is 0 Å². The summed E-state index contributed by atoms with van der Waals surface area (Å²) in [7, 11) is 0. The van der Waals surface area contributed by atoms with Crippen molar-refractivity contribution in [2.45, 2.75) is 19.3 Å². The van der Waals surface area contributed by atoms with Crippen LogP contribution in [0.2, 0.25) is 5.02 Å². The van der Waals surface area contributed by atoms with Crippen LogP contribution in [-0.4, -0.2) is 5.97 Å². The molecule has 0 saturated carbocycles. The van der Waals surface area contributed by atoms with Crippen LogP contribution in [0.25, 0.3) is 0 Å². The maximum absolute atomic E-state index is 10.7. The molecule has 13 heavy (non-hydrogen) atoms. The van der Waals surface area contributed by atoms with Crippen molar-refractivity contribution >= 4 is 17.6 Å². The van der Waals surface area contributed by atoms with Crippen LogP contribution in [0, 0.1) is 0 Å². The van der Waals surface area contributed by atoms with Crippen molar-refractivity contribution in [2.75, 3.05) is 0 Å². The van der Waals surface area contributed by atoms with Gasteiger partial charge in [-0.2, -0.15) is 0 Å². The first-order valence-corrected chi connectivity index (χ1v) is 4.50. The average Bonchev–Trinajstić information content (AvgIpc) is 2.09. The molecule has 0 aromatic heterocycles. The number of benzene rings is 1. The zero-order valence-corrected chi connectivity index (χ0v) is 8.04. The maximum atomic E-state index is 10.7. The van der Waals surface area contributed by atoms with E-state index in [0.717, 1.165) is 0 Å². The fourth-order valence-electron chi connectivity index (χ4n) is 1.27. The number of hydrogen-bond donors (Lipinski definition) is 0. The molecule has 1 rings (SSSR count). The Balaban J connectivity index is 3.04. The van der Waals surface area contributed by atoms with Gasteiger partial charge in [0.1, 0.15) is 0 Å². The van der Waals surface area contributed by atoms with E-state index in [1.807, 2.05) is 0 Å². The molecule has 1 aromatic rings. The number of halogens is 1. The highest BCUT2D eigenvalue weighted by atomic mass is 35.5. The highest BCUT2D eigenvalue weighted by molar-refractivity contribution is 6.31. The molecule has 0 aliphatic carbocycles. The summed E-state index contributed by atoms with van der Waals surface area (Å²) in [5.74, 6) is -1.68. The zero-order valence-electron chi connectivity index (χ0n) is 7.29. The predicted octanol–water partition coefficient (Wildman–Crippen LogP) is 2.79. The van der Waals surface area contributed by atoms with Crippen molar-refractivity contribution in [1.29, 1.82) is 0 Å². The monoisotopic (exact) mass is 197 g/mol. The number of carbonyl (C=O) groups excluding carboxylic acids is 1. The normalized spacial score (nSPS) is 12.5. The molecule has 0 bridgehead atoms. The Morgan fingerprint density at radius 1 is 1.46 bits per heavy atom. The standard InChI is InChI=1S/C10H10ClO2/c1-2-7(10(12)13)8-5-3-4-6-9(8)11/h3-7H,2H2,1H3. The molecule has 1 radical (unpaired) electrons. The minimum absolute atomic E-state index is 0.485. The van der Waals surface area contributed by atoms with Crippen LogP contribution in [-0.2, 0) is 9.90 Å². The summed E-state index contributed by atoms with van der Waals surface area (Å²) in [6.45, 7) is 1.80. The van der Waals surface area contributed by atoms with Gasteiger partial charge in [-0.1, -0.05) is 36.7 Å². The van der Waals surface area contributed by atoms with Crippen LogP contribution in [0.3, 0.4) is 0 Å². The van der Waals surface area contributed by atoms with E-state index in [-0.39, 0.29) is 0 Å². The topological polar surface area (TPSA) is 37.0 Å². The van der Waals surface area contributed by atoms with Crippen molar-refractivity contribution in [2.24, 2.45) is 0 Å². The van der Waals surface area contributed by atoms with Gasteiger partial charge in [-0.25, -0.2) is 9.90 Å². The summed E-state index contributed by atoms with van der Waals surface area (Å²) >= 11 is 5.85. The molecule has 0 heterocycles. The minimum atomic E-state index is -1.07. The Kier molecular flexibility index (Phi) is 3.32. The third kappa shape index (κ3) is 2.22. The Hall–Kier alpha value is -1.02. The van der Waals surface area contributed by atoms with Crippen LogP contribution in [0.4, 0.5) is 0 Å². The molecule has 1 aromatic carbocycles. The smallest absolute Gasteiger partial charge is 0.247 e. The average molecular weight is 198 g/mol. The van der Waals surface area contributed by atoms with E-state index in [0.29, 0.717) is 17.0 Å². The van der Waals surface area contributed by atoms with Gasteiger partial charge in [0, 0.05) is 5.02 Å². The lowest BCUT2D eigenvalue weighted by atomic mass is 9.97. The van der Waals surface area contributed by atoms with Crippen LogP contribution in [0.15, 0.2) is 24.3 Å². The van der Waals surface area contributed by atoms with Crippen LogP contribution < -0.4 is 0 Å². The molecule has 0 N–H and O–H groups in total. The fraction of sp³-hybridized carbons (Fsp3) is 0.300. The number of carbonyl (C=O) groups is 1. The number of hydrogen-bond acceptors (Lipinski definition) is 1. The summed E-state index contributed by atoms with van der Waals surface area (Å²) in [6.07, 6.45) is 0.492. The molecule has 1 atom stereocenters. The molecule has 0 fully saturated rings. The second-order valence-corrected chi connectivity index (χ2v) is 3.21. The molecular weight excluding hydrogens is 188 g/mol. The zero-order chi connectivity index (χ0) is 9.84. The first kappa shape index (κ1) is 10.1. The van der Waals surface area contributed by atoms with Gasteiger partial charge in [0.25, 0.3) is 0 Å². The van der Waals surface area contributed by atoms with Gasteiger partial charge < -0.3 is 0 Å². The Labute approximate surface area is 82.2 Å². The third-order valence-corrected chi connectivity index (χ3v) is 2.32. The van der Waals surface area contributed by atoms with E-state index in [1.165, 1.54) is 0 Å². The molecule has 69 valence electrons. The molecule has 2 nitrogen and oxygen atoms in total. The van der Waals surface area contributed by atoms with E-state index < -0.39 is 11.9 Å². The molecule has 0 aliphatic rings. The molecule has 0 spiro atoms. The highest BCUT2D eigenvalue weighted by Crippen LogP contribution is 2.26. The lowest BCUT2D eigenvalue weighted by Crippen LogP contribution is -2.09. The van der Waals surface area contributed by atoms with Crippen LogP contribution in [0.5, 0.6) is 0 Å². The summed E-state index contributed by atoms with van der Waals surface area (Å²) in [4.78, 5) is 10.7. The highest BCUT2D eigenvalue weighted by Gasteiger charge is 2.21. The summed E-state index contributed by atoms with van der Waals surface area (Å²) in [5, 5.41) is 11.2. The first-order chi connectivity index (χ1) is 6.16. The van der Waals surface area contributed by atoms with Gasteiger partial charge in [-0.05, 0) is 18.1 Å². The van der Waals surface area contributed by atoms with Crippen LogP contribution >= 0.6 is 11.6 Å². The Bertz CT molecular complexity index is 310. The first-order valence-electron chi connectivity index (χ1n) is 4.12. The Morgan fingerprint density at radius 2 is 2.08 bits per heavy atom. The SMILES string of the molecule is CCC(C([O])=O)c1ccccc1Cl. The van der Waals surface area contributed by atoms with Crippen molar-refractivity contribution in [3.05, 3.63) is 34.9 Å². The molecule has 1 unspecified atom stereocenters. The van der Waals surface area contributed by atoms with Gasteiger partial charge in [-0.3, -0.25) is 0 Å².